The van der Waals surface area contributed by atoms with Crippen LogP contribution >= 0.6 is 0 Å². The first kappa shape index (κ1) is 12.6. The Morgan fingerprint density at radius 2 is 2.06 bits per heavy atom. The maximum absolute atomic E-state index is 10.6. The summed E-state index contributed by atoms with van der Waals surface area (Å²) in [5, 5.41) is 29.2. The van der Waals surface area contributed by atoms with E-state index in [1.165, 1.54) is 6.07 Å². The van der Waals surface area contributed by atoms with Gasteiger partial charge in [0.05, 0.1) is 24.9 Å². The lowest BCUT2D eigenvalue weighted by molar-refractivity contribution is 0.0690. The van der Waals surface area contributed by atoms with E-state index in [0.717, 1.165) is 0 Å². The summed E-state index contributed by atoms with van der Waals surface area (Å²) < 4.78 is 0. The minimum atomic E-state index is -1.08. The van der Waals surface area contributed by atoms with Crippen molar-refractivity contribution in [2.45, 2.75) is 12.6 Å². The number of rotatable bonds is 6. The highest BCUT2D eigenvalue weighted by atomic mass is 16.4. The number of carboxylic acid groups (broad SMARTS) is 1. The Morgan fingerprint density at radius 1 is 1.38 bits per heavy atom. The number of nitrogens with one attached hydrogen (secondary N) is 1. The van der Waals surface area contributed by atoms with Crippen LogP contribution in [0.15, 0.2) is 18.2 Å². The molecule has 0 saturated heterocycles. The molecule has 1 rings (SSSR count). The van der Waals surface area contributed by atoms with Gasteiger partial charge < -0.3 is 20.6 Å². The number of carbonyl (C=O) groups is 1. The van der Waals surface area contributed by atoms with E-state index < -0.39 is 12.0 Å². The zero-order chi connectivity index (χ0) is 12.0. The van der Waals surface area contributed by atoms with Crippen molar-refractivity contribution < 1.29 is 20.1 Å². The van der Waals surface area contributed by atoms with Gasteiger partial charge in [-0.2, -0.15) is 0 Å². The van der Waals surface area contributed by atoms with Crippen LogP contribution in [0.4, 0.5) is 0 Å². The molecule has 0 spiro atoms. The highest BCUT2D eigenvalue weighted by Gasteiger charge is 2.07. The van der Waals surface area contributed by atoms with Crippen molar-refractivity contribution in [2.75, 3.05) is 13.2 Å². The molecule has 0 aromatic carbocycles. The summed E-state index contributed by atoms with van der Waals surface area (Å²) >= 11 is 0. The summed E-state index contributed by atoms with van der Waals surface area (Å²) in [4.78, 5) is 14.5. The molecule has 16 heavy (non-hydrogen) atoms. The fraction of sp³-hybridized carbons (Fsp3) is 0.400. The molecule has 1 aromatic rings. The van der Waals surface area contributed by atoms with E-state index in [2.05, 4.69) is 10.3 Å². The van der Waals surface area contributed by atoms with Crippen LogP contribution in [0.25, 0.3) is 0 Å². The number of pyridine rings is 1. The summed E-state index contributed by atoms with van der Waals surface area (Å²) in [5.41, 5.74) is 0.524. The molecule has 88 valence electrons. The molecule has 1 heterocycles. The third-order valence-electron chi connectivity index (χ3n) is 2.04. The second-order valence-corrected chi connectivity index (χ2v) is 3.26. The van der Waals surface area contributed by atoms with Gasteiger partial charge in [-0.15, -0.1) is 0 Å². The summed E-state index contributed by atoms with van der Waals surface area (Å²) in [6, 6.07) is 4.25. The first-order valence-corrected chi connectivity index (χ1v) is 4.81. The van der Waals surface area contributed by atoms with Crippen molar-refractivity contribution in [3.63, 3.8) is 0 Å². The zero-order valence-corrected chi connectivity index (χ0v) is 8.63. The number of aromatic nitrogens is 1. The lowest BCUT2D eigenvalue weighted by Crippen LogP contribution is -2.35. The number of aliphatic hydroxyl groups is 2. The van der Waals surface area contributed by atoms with E-state index in [9.17, 15) is 4.79 Å². The summed E-state index contributed by atoms with van der Waals surface area (Å²) in [5.74, 6) is -1.08. The lowest BCUT2D eigenvalue weighted by Gasteiger charge is -2.12. The lowest BCUT2D eigenvalue weighted by atomic mass is 10.2. The average molecular weight is 226 g/mol. The number of aliphatic hydroxyl groups excluding tert-OH is 2. The summed E-state index contributed by atoms with van der Waals surface area (Å²) in [6.07, 6.45) is 0. The quantitative estimate of drug-likeness (QED) is 0.507. The van der Waals surface area contributed by atoms with Gasteiger partial charge in [0.15, 0.2) is 0 Å². The van der Waals surface area contributed by atoms with E-state index in [1.54, 1.807) is 12.1 Å². The van der Waals surface area contributed by atoms with Crippen LogP contribution in [0.5, 0.6) is 0 Å². The number of hydrogen-bond donors (Lipinski definition) is 4. The standard InChI is InChI=1S/C10H14N2O4/c13-5-8(6-14)11-4-7-2-1-3-9(12-7)10(15)16/h1-3,8,11,13-14H,4-6H2,(H,15,16). The monoisotopic (exact) mass is 226 g/mol. The number of nitrogens with zero attached hydrogens (tertiary/aromatic N) is 1. The van der Waals surface area contributed by atoms with Crippen LogP contribution in [0.3, 0.4) is 0 Å². The molecule has 1 aromatic heterocycles. The van der Waals surface area contributed by atoms with Gasteiger partial charge in [-0.3, -0.25) is 0 Å². The largest absolute Gasteiger partial charge is 0.477 e. The average Bonchev–Trinajstić information content (AvgIpc) is 2.31. The predicted octanol–water partition coefficient (Wildman–Crippen LogP) is -0.777. The van der Waals surface area contributed by atoms with Crippen LogP contribution in [-0.4, -0.2) is 45.5 Å². The highest BCUT2D eigenvalue weighted by molar-refractivity contribution is 5.85. The predicted molar refractivity (Wildman–Crippen MR) is 56.0 cm³/mol. The Labute approximate surface area is 92.6 Å². The summed E-state index contributed by atoms with van der Waals surface area (Å²) in [6.45, 7) is -0.0723. The molecule has 6 heteroatoms. The van der Waals surface area contributed by atoms with Crippen LogP contribution < -0.4 is 5.32 Å². The van der Waals surface area contributed by atoms with Crippen molar-refractivity contribution in [2.24, 2.45) is 0 Å². The summed E-state index contributed by atoms with van der Waals surface area (Å²) in [7, 11) is 0. The van der Waals surface area contributed by atoms with Gasteiger partial charge in [0.25, 0.3) is 0 Å². The molecule has 4 N–H and O–H groups in total. The molecule has 0 atom stereocenters. The molecule has 0 aliphatic rings. The molecule has 0 bridgehead atoms. The topological polar surface area (TPSA) is 103 Å². The number of aromatic carboxylic acids is 1. The van der Waals surface area contributed by atoms with Gasteiger partial charge >= 0.3 is 5.97 Å². The molecular formula is C10H14N2O4. The first-order valence-electron chi connectivity index (χ1n) is 4.81. The SMILES string of the molecule is O=C(O)c1cccc(CNC(CO)CO)n1. The van der Waals surface area contributed by atoms with Crippen LogP contribution in [0.1, 0.15) is 16.2 Å². The molecule has 0 radical (unpaired) electrons. The maximum Gasteiger partial charge on any atom is 0.354 e. The smallest absolute Gasteiger partial charge is 0.354 e. The van der Waals surface area contributed by atoms with Gasteiger partial charge in [-0.25, -0.2) is 9.78 Å². The Balaban J connectivity index is 2.60. The third-order valence-corrected chi connectivity index (χ3v) is 2.04. The van der Waals surface area contributed by atoms with Gasteiger partial charge in [0.2, 0.25) is 0 Å². The second-order valence-electron chi connectivity index (χ2n) is 3.26. The van der Waals surface area contributed by atoms with E-state index in [4.69, 9.17) is 15.3 Å². The van der Waals surface area contributed by atoms with Crippen molar-refractivity contribution in [1.82, 2.24) is 10.3 Å². The third kappa shape index (κ3) is 3.58. The second kappa shape index (κ2) is 6.16. The minimum Gasteiger partial charge on any atom is -0.477 e. The van der Waals surface area contributed by atoms with E-state index in [0.29, 0.717) is 12.2 Å². The zero-order valence-electron chi connectivity index (χ0n) is 8.63. The number of hydrogen-bond acceptors (Lipinski definition) is 5. The van der Waals surface area contributed by atoms with Gasteiger partial charge in [0, 0.05) is 6.54 Å². The molecule has 0 aliphatic carbocycles. The Kier molecular flexibility index (Phi) is 4.84. The number of carboxylic acids is 1. The van der Waals surface area contributed by atoms with Crippen molar-refractivity contribution >= 4 is 5.97 Å². The van der Waals surface area contributed by atoms with Crippen LogP contribution in [0, 0.1) is 0 Å². The van der Waals surface area contributed by atoms with E-state index >= 15 is 0 Å². The fourth-order valence-corrected chi connectivity index (χ4v) is 1.13. The van der Waals surface area contributed by atoms with Gasteiger partial charge in [-0.1, -0.05) is 6.07 Å². The highest BCUT2D eigenvalue weighted by Crippen LogP contribution is 1.99. The minimum absolute atomic E-state index is 0.0242. The fourth-order valence-electron chi connectivity index (χ4n) is 1.13. The Hall–Kier alpha value is -1.50. The van der Waals surface area contributed by atoms with Crippen LogP contribution in [0.2, 0.25) is 0 Å². The van der Waals surface area contributed by atoms with Gasteiger partial charge in [-0.05, 0) is 12.1 Å². The van der Waals surface area contributed by atoms with Gasteiger partial charge in [0.1, 0.15) is 5.69 Å². The normalized spacial score (nSPS) is 10.7. The van der Waals surface area contributed by atoms with Crippen molar-refractivity contribution in [1.29, 1.82) is 0 Å². The van der Waals surface area contributed by atoms with Crippen LogP contribution in [-0.2, 0) is 6.54 Å². The molecule has 0 unspecified atom stereocenters. The Bertz CT molecular complexity index is 352. The Morgan fingerprint density at radius 3 is 2.62 bits per heavy atom. The molecular weight excluding hydrogens is 212 g/mol. The molecule has 0 saturated carbocycles. The molecule has 0 fully saturated rings. The molecule has 6 nitrogen and oxygen atoms in total. The molecule has 0 aliphatic heterocycles. The van der Waals surface area contributed by atoms with Crippen molar-refractivity contribution in [3.05, 3.63) is 29.6 Å². The van der Waals surface area contributed by atoms with E-state index in [1.807, 2.05) is 0 Å². The maximum atomic E-state index is 10.6. The molecule has 0 amide bonds. The first-order chi connectivity index (χ1) is 7.67. The van der Waals surface area contributed by atoms with Crippen molar-refractivity contribution in [3.8, 4) is 0 Å². The van der Waals surface area contributed by atoms with E-state index in [-0.39, 0.29) is 18.9 Å².